The quantitative estimate of drug-likeness (QED) is 0.654. The van der Waals surface area contributed by atoms with Crippen LogP contribution in [0, 0.1) is 0 Å². The van der Waals surface area contributed by atoms with Crippen LogP contribution in [0.15, 0.2) is 42.5 Å². The van der Waals surface area contributed by atoms with Gasteiger partial charge >= 0.3 is 12.2 Å². The van der Waals surface area contributed by atoms with Gasteiger partial charge in [0.2, 0.25) is 0 Å². The molecular weight excluding hydrogens is 409 g/mol. The number of carbonyl (C=O) groups is 1. The van der Waals surface area contributed by atoms with Gasteiger partial charge in [-0.1, -0.05) is 12.1 Å². The number of amides is 2. The molecule has 0 saturated carbocycles. The first-order chi connectivity index (χ1) is 13.2. The molecule has 2 aromatic carbocycles. The molecule has 2 N–H and O–H groups in total. The molecule has 0 heterocycles. The van der Waals surface area contributed by atoms with Gasteiger partial charge in [-0.05, 0) is 49.7 Å². The molecule has 5 nitrogen and oxygen atoms in total. The number of carbonyl (C=O) groups excluding carboxylic acids is 1. The topological polar surface area (TPSA) is 59.6 Å². The molecule has 0 aliphatic carbocycles. The summed E-state index contributed by atoms with van der Waals surface area (Å²) in [7, 11) is 3.06. The maximum atomic E-state index is 12.9. The van der Waals surface area contributed by atoms with Crippen molar-refractivity contribution in [2.75, 3.05) is 14.2 Å². The van der Waals surface area contributed by atoms with Gasteiger partial charge in [0.15, 0.2) is 0 Å². The molecule has 2 aromatic rings. The third-order valence-electron chi connectivity index (χ3n) is 4.31. The van der Waals surface area contributed by atoms with Crippen LogP contribution in [0.3, 0.4) is 0 Å². The number of nitrogens with one attached hydrogen (secondary N) is 2. The van der Waals surface area contributed by atoms with Gasteiger partial charge in [0.1, 0.15) is 11.5 Å². The van der Waals surface area contributed by atoms with Crippen LogP contribution >= 0.6 is 12.4 Å². The Morgan fingerprint density at radius 2 is 1.62 bits per heavy atom. The Bertz CT molecular complexity index is 831. The number of ether oxygens (including phenoxy) is 2. The van der Waals surface area contributed by atoms with Crippen molar-refractivity contribution in [1.82, 2.24) is 10.6 Å². The molecule has 2 amide bonds. The van der Waals surface area contributed by atoms with Crippen molar-refractivity contribution in [3.05, 3.63) is 59.2 Å². The molecule has 2 atom stereocenters. The summed E-state index contributed by atoms with van der Waals surface area (Å²) in [6, 6.07) is 8.56. The summed E-state index contributed by atoms with van der Waals surface area (Å²) in [5.41, 5.74) is 0.314. The van der Waals surface area contributed by atoms with Gasteiger partial charge in [0.05, 0.1) is 31.9 Å². The van der Waals surface area contributed by atoms with E-state index in [1.807, 2.05) is 0 Å². The Balaban J connectivity index is 0.00000420. The zero-order valence-corrected chi connectivity index (χ0v) is 17.3. The molecular formula is C20H24ClF3N2O3. The van der Waals surface area contributed by atoms with Gasteiger partial charge in [0, 0.05) is 5.56 Å². The normalized spacial score (nSPS) is 12.9. The average Bonchev–Trinajstić information content (AvgIpc) is 2.66. The molecule has 2 rings (SSSR count). The largest absolute Gasteiger partial charge is 0.497 e. The van der Waals surface area contributed by atoms with Gasteiger partial charge in [-0.15, -0.1) is 12.4 Å². The third-order valence-corrected chi connectivity index (χ3v) is 4.31. The van der Waals surface area contributed by atoms with Crippen LogP contribution < -0.4 is 20.1 Å². The molecule has 29 heavy (non-hydrogen) atoms. The van der Waals surface area contributed by atoms with Crippen molar-refractivity contribution in [3.63, 3.8) is 0 Å². The van der Waals surface area contributed by atoms with Crippen LogP contribution in [0.25, 0.3) is 0 Å². The lowest BCUT2D eigenvalue weighted by Crippen LogP contribution is -2.38. The molecule has 2 unspecified atom stereocenters. The summed E-state index contributed by atoms with van der Waals surface area (Å²) in [4.78, 5) is 12.3. The van der Waals surface area contributed by atoms with E-state index in [2.05, 4.69) is 10.6 Å². The third kappa shape index (κ3) is 6.45. The maximum Gasteiger partial charge on any atom is 0.416 e. The summed E-state index contributed by atoms with van der Waals surface area (Å²) in [5.74, 6) is 1.20. The lowest BCUT2D eigenvalue weighted by Gasteiger charge is -2.21. The molecule has 160 valence electrons. The maximum absolute atomic E-state index is 12.9. The van der Waals surface area contributed by atoms with E-state index in [-0.39, 0.29) is 12.4 Å². The van der Waals surface area contributed by atoms with Crippen LogP contribution in [-0.4, -0.2) is 20.3 Å². The first kappa shape index (κ1) is 24.4. The molecule has 0 saturated heterocycles. The van der Waals surface area contributed by atoms with E-state index in [0.717, 1.165) is 12.1 Å². The molecule has 0 radical (unpaired) electrons. The number of alkyl halides is 3. The van der Waals surface area contributed by atoms with E-state index in [0.29, 0.717) is 22.6 Å². The Kier molecular flexibility index (Phi) is 8.63. The SMILES string of the molecule is COc1ccc(OC)c(C(C)NC(=O)NC(C)c2cccc(C(F)(F)F)c2)c1.Cl. The number of hydrogen-bond donors (Lipinski definition) is 2. The number of benzene rings is 2. The van der Waals surface area contributed by atoms with Crippen LogP contribution in [-0.2, 0) is 6.18 Å². The molecule has 0 fully saturated rings. The Morgan fingerprint density at radius 1 is 0.966 bits per heavy atom. The number of urea groups is 1. The highest BCUT2D eigenvalue weighted by molar-refractivity contribution is 5.85. The van der Waals surface area contributed by atoms with Gasteiger partial charge in [0.25, 0.3) is 0 Å². The van der Waals surface area contributed by atoms with Gasteiger partial charge in [-0.2, -0.15) is 13.2 Å². The fraction of sp³-hybridized carbons (Fsp3) is 0.350. The van der Waals surface area contributed by atoms with E-state index >= 15 is 0 Å². The fourth-order valence-corrected chi connectivity index (χ4v) is 2.76. The van der Waals surface area contributed by atoms with E-state index < -0.39 is 29.9 Å². The lowest BCUT2D eigenvalue weighted by molar-refractivity contribution is -0.137. The molecule has 0 aromatic heterocycles. The van der Waals surface area contributed by atoms with Gasteiger partial charge in [-0.25, -0.2) is 4.79 Å². The van der Waals surface area contributed by atoms with Crippen LogP contribution in [0.1, 0.15) is 42.6 Å². The van der Waals surface area contributed by atoms with E-state index in [1.165, 1.54) is 26.4 Å². The predicted octanol–water partition coefficient (Wildman–Crippen LogP) is 5.27. The second-order valence-electron chi connectivity index (χ2n) is 6.29. The highest BCUT2D eigenvalue weighted by atomic mass is 35.5. The molecule has 0 aliphatic rings. The highest BCUT2D eigenvalue weighted by Crippen LogP contribution is 2.31. The first-order valence-corrected chi connectivity index (χ1v) is 8.61. The number of rotatable bonds is 6. The van der Waals surface area contributed by atoms with Crippen LogP contribution in [0.4, 0.5) is 18.0 Å². The van der Waals surface area contributed by atoms with Crippen molar-refractivity contribution < 1.29 is 27.4 Å². The Morgan fingerprint density at radius 3 is 2.21 bits per heavy atom. The highest BCUT2D eigenvalue weighted by Gasteiger charge is 2.30. The van der Waals surface area contributed by atoms with Gasteiger partial charge in [-0.3, -0.25) is 0 Å². The van der Waals surface area contributed by atoms with Crippen LogP contribution in [0.2, 0.25) is 0 Å². The smallest absolute Gasteiger partial charge is 0.416 e. The van der Waals surface area contributed by atoms with Crippen molar-refractivity contribution in [1.29, 1.82) is 0 Å². The lowest BCUT2D eigenvalue weighted by atomic mass is 10.0. The number of hydrogen-bond acceptors (Lipinski definition) is 3. The summed E-state index contributed by atoms with van der Waals surface area (Å²) >= 11 is 0. The standard InChI is InChI=1S/C20H23F3N2O3.ClH/c1-12(14-6-5-7-15(10-14)20(21,22)23)24-19(26)25-13(2)17-11-16(27-3)8-9-18(17)28-4;/h5-13H,1-4H3,(H2,24,25,26);1H. The zero-order valence-electron chi connectivity index (χ0n) is 16.5. The molecule has 0 bridgehead atoms. The van der Waals surface area contributed by atoms with E-state index in [1.54, 1.807) is 32.0 Å². The minimum atomic E-state index is -4.44. The minimum Gasteiger partial charge on any atom is -0.497 e. The van der Waals surface area contributed by atoms with E-state index in [9.17, 15) is 18.0 Å². The van der Waals surface area contributed by atoms with Crippen LogP contribution in [0.5, 0.6) is 11.5 Å². The van der Waals surface area contributed by atoms with Crippen molar-refractivity contribution in [3.8, 4) is 11.5 Å². The monoisotopic (exact) mass is 432 g/mol. The minimum absolute atomic E-state index is 0. The van der Waals surface area contributed by atoms with Crippen molar-refractivity contribution in [2.24, 2.45) is 0 Å². The second-order valence-corrected chi connectivity index (χ2v) is 6.29. The van der Waals surface area contributed by atoms with Crippen molar-refractivity contribution >= 4 is 18.4 Å². The summed E-state index contributed by atoms with van der Waals surface area (Å²) < 4.78 is 49.1. The molecule has 0 aliphatic heterocycles. The summed E-state index contributed by atoms with van der Waals surface area (Å²) in [5, 5.41) is 5.41. The predicted molar refractivity (Wildman–Crippen MR) is 107 cm³/mol. The number of methoxy groups -OCH3 is 2. The van der Waals surface area contributed by atoms with E-state index in [4.69, 9.17) is 9.47 Å². The molecule has 0 spiro atoms. The Hall–Kier alpha value is -2.61. The molecule has 9 heteroatoms. The Labute approximate surface area is 174 Å². The zero-order chi connectivity index (χ0) is 20.9. The fourth-order valence-electron chi connectivity index (χ4n) is 2.76. The number of halogens is 4. The average molecular weight is 433 g/mol. The van der Waals surface area contributed by atoms with Crippen molar-refractivity contribution in [2.45, 2.75) is 32.1 Å². The van der Waals surface area contributed by atoms with Gasteiger partial charge < -0.3 is 20.1 Å². The summed E-state index contributed by atoms with van der Waals surface area (Å²) in [6.45, 7) is 3.39. The second kappa shape index (κ2) is 10.2. The first-order valence-electron chi connectivity index (χ1n) is 8.61. The summed E-state index contributed by atoms with van der Waals surface area (Å²) in [6.07, 6.45) is -4.44.